The third-order valence-electron chi connectivity index (χ3n) is 10.7. The Labute approximate surface area is 387 Å². The maximum atomic E-state index is 12.8. The van der Waals surface area contributed by atoms with Crippen LogP contribution in [0, 0.1) is 0 Å². The Morgan fingerprint density at radius 2 is 0.619 bits per heavy atom. The SMILES string of the molecule is CC\C=C/C=C\C=C/CCCCCCCCCC(=O)OCC(COC(=O)CCCCCCCC/C=C\C=C/CCCCC)OC(=O)CCCCCCCCC\C=C/C=C\C=C/CC. The number of allylic oxidation sites excluding steroid dienone is 16. The second-order valence-electron chi connectivity index (χ2n) is 16.8. The molecule has 0 aromatic rings. The summed E-state index contributed by atoms with van der Waals surface area (Å²) in [5.74, 6) is -0.932. The van der Waals surface area contributed by atoms with Gasteiger partial charge in [0.05, 0.1) is 0 Å². The van der Waals surface area contributed by atoms with Crippen molar-refractivity contribution in [3.8, 4) is 0 Å². The Bertz CT molecular complexity index is 1280. The molecule has 1 unspecified atom stereocenters. The minimum absolute atomic E-state index is 0.0938. The Morgan fingerprint density at radius 3 is 0.968 bits per heavy atom. The highest BCUT2D eigenvalue weighted by atomic mass is 16.6. The summed E-state index contributed by atoms with van der Waals surface area (Å²) in [6.07, 6.45) is 66.7. The van der Waals surface area contributed by atoms with Gasteiger partial charge in [0.15, 0.2) is 6.10 Å². The van der Waals surface area contributed by atoms with Gasteiger partial charge in [-0.2, -0.15) is 0 Å². The van der Waals surface area contributed by atoms with Gasteiger partial charge in [-0.05, 0) is 83.5 Å². The first kappa shape index (κ1) is 59.3. The summed E-state index contributed by atoms with van der Waals surface area (Å²) in [6.45, 7) is 6.31. The maximum Gasteiger partial charge on any atom is 0.306 e. The largest absolute Gasteiger partial charge is 0.462 e. The van der Waals surface area contributed by atoms with E-state index in [0.717, 1.165) is 96.3 Å². The highest BCUT2D eigenvalue weighted by Gasteiger charge is 2.19. The van der Waals surface area contributed by atoms with E-state index in [9.17, 15) is 14.4 Å². The van der Waals surface area contributed by atoms with Crippen LogP contribution in [0.5, 0.6) is 0 Å². The normalized spacial score (nSPS) is 12.9. The number of hydrogen-bond acceptors (Lipinski definition) is 6. The Kier molecular flexibility index (Phi) is 48.0. The molecule has 1 atom stereocenters. The van der Waals surface area contributed by atoms with Crippen molar-refractivity contribution >= 4 is 17.9 Å². The number of unbranched alkanes of at least 4 members (excludes halogenated alkanes) is 23. The minimum Gasteiger partial charge on any atom is -0.462 e. The van der Waals surface area contributed by atoms with Crippen LogP contribution in [0.25, 0.3) is 0 Å². The predicted octanol–water partition coefficient (Wildman–Crippen LogP) is 17.0. The monoisotopic (exact) mass is 875 g/mol. The van der Waals surface area contributed by atoms with Gasteiger partial charge in [0, 0.05) is 19.3 Å². The van der Waals surface area contributed by atoms with Gasteiger partial charge in [0.25, 0.3) is 0 Å². The van der Waals surface area contributed by atoms with Gasteiger partial charge >= 0.3 is 17.9 Å². The van der Waals surface area contributed by atoms with E-state index >= 15 is 0 Å². The smallest absolute Gasteiger partial charge is 0.306 e. The highest BCUT2D eigenvalue weighted by molar-refractivity contribution is 5.71. The molecule has 0 aromatic heterocycles. The molecule has 63 heavy (non-hydrogen) atoms. The summed E-state index contributed by atoms with van der Waals surface area (Å²) in [6, 6.07) is 0. The molecular formula is C57H94O6. The zero-order valence-corrected chi connectivity index (χ0v) is 40.8. The summed E-state index contributed by atoms with van der Waals surface area (Å²) in [4.78, 5) is 38.0. The predicted molar refractivity (Wildman–Crippen MR) is 270 cm³/mol. The molecule has 0 heterocycles. The van der Waals surface area contributed by atoms with Crippen molar-refractivity contribution in [2.45, 2.75) is 232 Å². The van der Waals surface area contributed by atoms with Crippen molar-refractivity contribution in [3.05, 3.63) is 97.2 Å². The first-order valence-electron chi connectivity index (χ1n) is 25.8. The van der Waals surface area contributed by atoms with E-state index in [4.69, 9.17) is 14.2 Å². The third kappa shape index (κ3) is 49.2. The molecule has 0 N–H and O–H groups in total. The van der Waals surface area contributed by atoms with Gasteiger partial charge < -0.3 is 14.2 Å². The van der Waals surface area contributed by atoms with Gasteiger partial charge in [-0.15, -0.1) is 0 Å². The molecule has 0 aliphatic rings. The van der Waals surface area contributed by atoms with Crippen LogP contribution >= 0.6 is 0 Å². The average molecular weight is 875 g/mol. The van der Waals surface area contributed by atoms with Crippen LogP contribution in [0.4, 0.5) is 0 Å². The molecule has 0 radical (unpaired) electrons. The van der Waals surface area contributed by atoms with Crippen LogP contribution in [-0.2, 0) is 28.6 Å². The van der Waals surface area contributed by atoms with Gasteiger partial charge in [-0.25, -0.2) is 0 Å². The number of esters is 3. The molecule has 0 saturated heterocycles. The van der Waals surface area contributed by atoms with Gasteiger partial charge in [-0.1, -0.05) is 221 Å². The molecule has 6 heteroatoms. The fourth-order valence-corrected chi connectivity index (χ4v) is 6.84. The Balaban J connectivity index is 4.45. The fraction of sp³-hybridized carbons (Fsp3) is 0.667. The summed E-state index contributed by atoms with van der Waals surface area (Å²) < 4.78 is 16.8. The lowest BCUT2D eigenvalue weighted by atomic mass is 10.1. The lowest BCUT2D eigenvalue weighted by molar-refractivity contribution is -0.167. The first-order valence-corrected chi connectivity index (χ1v) is 25.8. The number of rotatable bonds is 45. The molecule has 0 amide bonds. The maximum absolute atomic E-state index is 12.8. The number of ether oxygens (including phenoxy) is 3. The molecule has 6 nitrogen and oxygen atoms in total. The van der Waals surface area contributed by atoms with E-state index in [2.05, 4.69) is 118 Å². The number of carbonyl (C=O) groups excluding carboxylic acids is 3. The van der Waals surface area contributed by atoms with Crippen molar-refractivity contribution in [2.24, 2.45) is 0 Å². The van der Waals surface area contributed by atoms with E-state index in [1.165, 1.54) is 89.9 Å². The highest BCUT2D eigenvalue weighted by Crippen LogP contribution is 2.14. The van der Waals surface area contributed by atoms with Crippen LogP contribution in [-0.4, -0.2) is 37.2 Å². The lowest BCUT2D eigenvalue weighted by Gasteiger charge is -2.18. The molecular weight excluding hydrogens is 781 g/mol. The number of carbonyl (C=O) groups is 3. The zero-order chi connectivity index (χ0) is 45.8. The summed E-state index contributed by atoms with van der Waals surface area (Å²) in [5.41, 5.74) is 0. The van der Waals surface area contributed by atoms with E-state index in [0.29, 0.717) is 19.3 Å². The van der Waals surface area contributed by atoms with Crippen LogP contribution in [0.3, 0.4) is 0 Å². The molecule has 0 bridgehead atoms. The van der Waals surface area contributed by atoms with Gasteiger partial charge in [-0.3, -0.25) is 14.4 Å². The molecule has 0 rings (SSSR count). The molecule has 0 aromatic carbocycles. The average Bonchev–Trinajstić information content (AvgIpc) is 3.28. The van der Waals surface area contributed by atoms with Crippen molar-refractivity contribution in [1.82, 2.24) is 0 Å². The molecule has 0 spiro atoms. The third-order valence-corrected chi connectivity index (χ3v) is 10.7. The van der Waals surface area contributed by atoms with E-state index < -0.39 is 6.10 Å². The van der Waals surface area contributed by atoms with E-state index in [-0.39, 0.29) is 31.1 Å². The summed E-state index contributed by atoms with van der Waals surface area (Å²) >= 11 is 0. The Morgan fingerprint density at radius 1 is 0.333 bits per heavy atom. The summed E-state index contributed by atoms with van der Waals surface area (Å²) in [5, 5.41) is 0. The molecule has 0 fully saturated rings. The van der Waals surface area contributed by atoms with Gasteiger partial charge in [0.2, 0.25) is 0 Å². The second kappa shape index (κ2) is 51.0. The lowest BCUT2D eigenvalue weighted by Crippen LogP contribution is -2.30. The van der Waals surface area contributed by atoms with E-state index in [1.807, 2.05) is 0 Å². The molecule has 0 saturated carbocycles. The van der Waals surface area contributed by atoms with Crippen molar-refractivity contribution in [3.63, 3.8) is 0 Å². The summed E-state index contributed by atoms with van der Waals surface area (Å²) in [7, 11) is 0. The number of hydrogen-bond donors (Lipinski definition) is 0. The van der Waals surface area contributed by atoms with Gasteiger partial charge in [0.1, 0.15) is 13.2 Å². The van der Waals surface area contributed by atoms with Crippen LogP contribution in [0.2, 0.25) is 0 Å². The molecule has 0 aliphatic carbocycles. The van der Waals surface area contributed by atoms with Crippen LogP contribution in [0.1, 0.15) is 226 Å². The van der Waals surface area contributed by atoms with Crippen molar-refractivity contribution in [2.75, 3.05) is 13.2 Å². The fourth-order valence-electron chi connectivity index (χ4n) is 6.84. The van der Waals surface area contributed by atoms with Crippen LogP contribution in [0.15, 0.2) is 97.2 Å². The molecule has 358 valence electrons. The van der Waals surface area contributed by atoms with Crippen LogP contribution < -0.4 is 0 Å². The minimum atomic E-state index is -0.794. The topological polar surface area (TPSA) is 78.9 Å². The van der Waals surface area contributed by atoms with Crippen molar-refractivity contribution in [1.29, 1.82) is 0 Å². The standard InChI is InChI=1S/C57H94O6/c1-4-7-10-13-16-19-22-25-28-31-34-37-40-43-46-49-55(58)61-52-54(63-57(60)51-48-45-42-39-36-33-30-27-24-21-18-15-12-9-6-3)53-62-56(59)50-47-44-41-38-35-32-29-26-23-20-17-14-11-8-5-2/h7,9-10,12-13,15-24,26,54H,4-6,8,11,14,25,27-53H2,1-3H3/b10-7-,12-9-,16-13-,18-15-,20-17-,22-19-,24-21-,26-23-. The quantitative estimate of drug-likeness (QED) is 0.0262. The second-order valence-corrected chi connectivity index (χ2v) is 16.8. The zero-order valence-electron chi connectivity index (χ0n) is 40.8. The molecule has 0 aliphatic heterocycles. The van der Waals surface area contributed by atoms with Crippen molar-refractivity contribution < 1.29 is 28.6 Å². The van der Waals surface area contributed by atoms with E-state index in [1.54, 1.807) is 0 Å². The first-order chi connectivity index (χ1) is 31.0. The Hall–Kier alpha value is -3.67.